The van der Waals surface area contributed by atoms with E-state index in [2.05, 4.69) is 17.2 Å². The van der Waals surface area contributed by atoms with Crippen LogP contribution in [0.15, 0.2) is 35.5 Å². The average Bonchev–Trinajstić information content (AvgIpc) is 2.79. The largest absolute Gasteiger partial charge is 0.459 e. The highest BCUT2D eigenvalue weighted by molar-refractivity contribution is 5.94. The summed E-state index contributed by atoms with van der Waals surface area (Å²) < 4.78 is 4.87. The maximum atomic E-state index is 11.3. The predicted molar refractivity (Wildman–Crippen MR) is 58.9 cm³/mol. The van der Waals surface area contributed by atoms with E-state index >= 15 is 0 Å². The molecule has 1 aromatic heterocycles. The molecule has 0 saturated heterocycles. The van der Waals surface area contributed by atoms with Gasteiger partial charge in [0.25, 0.3) is 5.91 Å². The van der Waals surface area contributed by atoms with Crippen LogP contribution in [0.5, 0.6) is 0 Å². The highest BCUT2D eigenvalue weighted by Crippen LogP contribution is 1.98. The van der Waals surface area contributed by atoms with Crippen LogP contribution in [0.3, 0.4) is 0 Å². The minimum Gasteiger partial charge on any atom is -0.459 e. The van der Waals surface area contributed by atoms with Crippen LogP contribution < -0.4 is 10.6 Å². The molecule has 0 aliphatic rings. The molecule has 0 radical (unpaired) electrons. The van der Waals surface area contributed by atoms with Crippen LogP contribution in [0.25, 0.3) is 0 Å². The molecule has 1 heterocycles. The first-order chi connectivity index (χ1) is 7.74. The van der Waals surface area contributed by atoms with Crippen LogP contribution >= 0.6 is 0 Å². The second kappa shape index (κ2) is 6.44. The SMILES string of the molecule is C=CCCNC(=O)CNC(=O)c1ccco1. The van der Waals surface area contributed by atoms with Gasteiger partial charge in [-0.3, -0.25) is 9.59 Å². The molecule has 0 bridgehead atoms. The predicted octanol–water partition coefficient (Wildman–Crippen LogP) is 0.702. The second-order valence-corrected chi connectivity index (χ2v) is 3.09. The molecule has 1 rings (SSSR count). The summed E-state index contributed by atoms with van der Waals surface area (Å²) in [6, 6.07) is 3.14. The van der Waals surface area contributed by atoms with Crippen molar-refractivity contribution < 1.29 is 14.0 Å². The molecule has 5 heteroatoms. The van der Waals surface area contributed by atoms with Gasteiger partial charge in [0.05, 0.1) is 12.8 Å². The fraction of sp³-hybridized carbons (Fsp3) is 0.273. The van der Waals surface area contributed by atoms with Crippen LogP contribution in [-0.4, -0.2) is 24.9 Å². The molecule has 0 aliphatic carbocycles. The van der Waals surface area contributed by atoms with Gasteiger partial charge in [-0.25, -0.2) is 0 Å². The summed E-state index contributed by atoms with van der Waals surface area (Å²) in [5.41, 5.74) is 0. The first-order valence-electron chi connectivity index (χ1n) is 4.93. The lowest BCUT2D eigenvalue weighted by molar-refractivity contribution is -0.120. The minimum atomic E-state index is -0.399. The molecule has 0 fully saturated rings. The second-order valence-electron chi connectivity index (χ2n) is 3.09. The Hall–Kier alpha value is -2.04. The molecule has 0 atom stereocenters. The Bertz CT molecular complexity index is 357. The summed E-state index contributed by atoms with van der Waals surface area (Å²) in [5, 5.41) is 5.07. The van der Waals surface area contributed by atoms with Crippen molar-refractivity contribution in [2.75, 3.05) is 13.1 Å². The number of hydrogen-bond donors (Lipinski definition) is 2. The number of carbonyl (C=O) groups is 2. The topological polar surface area (TPSA) is 71.3 Å². The van der Waals surface area contributed by atoms with E-state index in [9.17, 15) is 9.59 Å². The molecule has 16 heavy (non-hydrogen) atoms. The van der Waals surface area contributed by atoms with Crippen LogP contribution in [0.2, 0.25) is 0 Å². The summed E-state index contributed by atoms with van der Waals surface area (Å²) in [6.45, 7) is 4.00. The fourth-order valence-corrected chi connectivity index (χ4v) is 1.03. The summed E-state index contributed by atoms with van der Waals surface area (Å²) >= 11 is 0. The van der Waals surface area contributed by atoms with Gasteiger partial charge in [-0.1, -0.05) is 6.08 Å². The van der Waals surface area contributed by atoms with Gasteiger partial charge in [0.2, 0.25) is 5.91 Å². The molecular weight excluding hydrogens is 208 g/mol. The summed E-state index contributed by atoms with van der Waals surface area (Å²) in [4.78, 5) is 22.5. The molecule has 1 aromatic rings. The highest BCUT2D eigenvalue weighted by Gasteiger charge is 2.09. The van der Waals surface area contributed by atoms with E-state index in [1.54, 1.807) is 12.1 Å². The Labute approximate surface area is 93.5 Å². The van der Waals surface area contributed by atoms with Gasteiger partial charge in [-0.05, 0) is 18.6 Å². The number of amides is 2. The summed E-state index contributed by atoms with van der Waals surface area (Å²) in [6.07, 6.45) is 3.82. The molecule has 0 spiro atoms. The molecule has 0 unspecified atom stereocenters. The van der Waals surface area contributed by atoms with E-state index in [0.29, 0.717) is 13.0 Å². The van der Waals surface area contributed by atoms with Gasteiger partial charge in [0.15, 0.2) is 5.76 Å². The van der Waals surface area contributed by atoms with Crippen LogP contribution in [0, 0.1) is 0 Å². The first kappa shape index (κ1) is 12.0. The van der Waals surface area contributed by atoms with Gasteiger partial charge < -0.3 is 15.1 Å². The quantitative estimate of drug-likeness (QED) is 0.550. The number of nitrogens with one attached hydrogen (secondary N) is 2. The molecule has 86 valence electrons. The highest BCUT2D eigenvalue weighted by atomic mass is 16.3. The third kappa shape index (κ3) is 4.00. The number of furan rings is 1. The van der Waals surface area contributed by atoms with Crippen molar-refractivity contribution in [3.05, 3.63) is 36.8 Å². The molecular formula is C11H14N2O3. The standard InChI is InChI=1S/C11H14N2O3/c1-2-3-6-12-10(14)8-13-11(15)9-5-4-7-16-9/h2,4-5,7H,1,3,6,8H2,(H,12,14)(H,13,15). The van der Waals surface area contributed by atoms with Crippen molar-refractivity contribution in [2.24, 2.45) is 0 Å². The van der Waals surface area contributed by atoms with Crippen molar-refractivity contribution in [3.63, 3.8) is 0 Å². The van der Waals surface area contributed by atoms with Crippen molar-refractivity contribution in [3.8, 4) is 0 Å². The van der Waals surface area contributed by atoms with Gasteiger partial charge in [0, 0.05) is 6.54 Å². The number of rotatable bonds is 6. The van der Waals surface area contributed by atoms with Gasteiger partial charge >= 0.3 is 0 Å². The first-order valence-corrected chi connectivity index (χ1v) is 4.93. The lowest BCUT2D eigenvalue weighted by Crippen LogP contribution is -2.37. The van der Waals surface area contributed by atoms with Crippen LogP contribution in [0.4, 0.5) is 0 Å². The smallest absolute Gasteiger partial charge is 0.287 e. The number of carbonyl (C=O) groups excluding carboxylic acids is 2. The van der Waals surface area contributed by atoms with Crippen molar-refractivity contribution >= 4 is 11.8 Å². The Morgan fingerprint density at radius 2 is 2.25 bits per heavy atom. The normalized spacial score (nSPS) is 9.50. The fourth-order valence-electron chi connectivity index (χ4n) is 1.03. The Morgan fingerprint density at radius 3 is 2.88 bits per heavy atom. The minimum absolute atomic E-state index is 0.0589. The lowest BCUT2D eigenvalue weighted by atomic mass is 10.4. The molecule has 0 saturated carbocycles. The summed E-state index contributed by atoms with van der Waals surface area (Å²) in [7, 11) is 0. The van der Waals surface area contributed by atoms with E-state index in [1.807, 2.05) is 0 Å². The van der Waals surface area contributed by atoms with E-state index in [1.165, 1.54) is 12.3 Å². The van der Waals surface area contributed by atoms with Crippen molar-refractivity contribution in [1.82, 2.24) is 10.6 Å². The van der Waals surface area contributed by atoms with Gasteiger partial charge in [-0.15, -0.1) is 6.58 Å². The molecule has 0 aliphatic heterocycles. The van der Waals surface area contributed by atoms with Gasteiger partial charge in [0.1, 0.15) is 0 Å². The zero-order valence-corrected chi connectivity index (χ0v) is 8.86. The Morgan fingerprint density at radius 1 is 1.44 bits per heavy atom. The van der Waals surface area contributed by atoms with Crippen LogP contribution in [-0.2, 0) is 4.79 Å². The van der Waals surface area contributed by atoms with E-state index in [-0.39, 0.29) is 18.2 Å². The number of hydrogen-bond acceptors (Lipinski definition) is 3. The van der Waals surface area contributed by atoms with E-state index < -0.39 is 5.91 Å². The Kier molecular flexibility index (Phi) is 4.85. The molecule has 0 aromatic carbocycles. The average molecular weight is 222 g/mol. The third-order valence-corrected chi connectivity index (χ3v) is 1.83. The maximum Gasteiger partial charge on any atom is 0.287 e. The van der Waals surface area contributed by atoms with E-state index in [0.717, 1.165) is 0 Å². The Balaban J connectivity index is 2.21. The van der Waals surface area contributed by atoms with E-state index in [4.69, 9.17) is 4.42 Å². The molecule has 2 amide bonds. The monoisotopic (exact) mass is 222 g/mol. The van der Waals surface area contributed by atoms with Crippen molar-refractivity contribution in [2.45, 2.75) is 6.42 Å². The zero-order chi connectivity index (χ0) is 11.8. The summed E-state index contributed by atoms with van der Waals surface area (Å²) in [5.74, 6) is -0.440. The lowest BCUT2D eigenvalue weighted by Gasteiger charge is -2.04. The molecule has 5 nitrogen and oxygen atoms in total. The molecule has 2 N–H and O–H groups in total. The zero-order valence-electron chi connectivity index (χ0n) is 8.86. The van der Waals surface area contributed by atoms with Crippen molar-refractivity contribution in [1.29, 1.82) is 0 Å². The van der Waals surface area contributed by atoms with Gasteiger partial charge in [-0.2, -0.15) is 0 Å². The third-order valence-electron chi connectivity index (χ3n) is 1.83. The maximum absolute atomic E-state index is 11.3. The van der Waals surface area contributed by atoms with Crippen LogP contribution in [0.1, 0.15) is 17.0 Å².